The molecule has 0 spiro atoms. The van der Waals surface area contributed by atoms with E-state index in [9.17, 15) is 0 Å². The Kier molecular flexibility index (Phi) is 6.09. The Labute approximate surface area is 96.8 Å². The third-order valence-electron chi connectivity index (χ3n) is 2.02. The molecule has 0 fully saturated rings. The lowest BCUT2D eigenvalue weighted by atomic mass is 10.2. The third kappa shape index (κ3) is 4.83. The molecule has 86 valence electrons. The number of hydrogen-bond acceptors (Lipinski definition) is 3. The van der Waals surface area contributed by atoms with Crippen molar-refractivity contribution in [1.29, 1.82) is 0 Å². The Morgan fingerprint density at radius 3 is 3.00 bits per heavy atom. The van der Waals surface area contributed by atoms with E-state index >= 15 is 0 Å². The Morgan fingerprint density at radius 1 is 1.38 bits per heavy atom. The van der Waals surface area contributed by atoms with Crippen LogP contribution in [0, 0.1) is 12.3 Å². The van der Waals surface area contributed by atoms with Crippen molar-refractivity contribution in [2.45, 2.75) is 6.61 Å². The maximum atomic E-state index is 5.43. The maximum Gasteiger partial charge on any atom is 0.0763 e. The summed E-state index contributed by atoms with van der Waals surface area (Å²) in [5.41, 5.74) is 2.14. The first kappa shape index (κ1) is 12.6. The molecule has 1 N–H and O–H groups in total. The summed E-state index contributed by atoms with van der Waals surface area (Å²) in [7, 11) is 1.66. The zero-order chi connectivity index (χ0) is 11.6. The average molecular weight is 219 g/mol. The van der Waals surface area contributed by atoms with Crippen molar-refractivity contribution in [3.8, 4) is 12.3 Å². The van der Waals surface area contributed by atoms with E-state index in [-0.39, 0.29) is 0 Å². The number of anilines is 1. The van der Waals surface area contributed by atoms with Crippen molar-refractivity contribution in [3.63, 3.8) is 0 Å². The van der Waals surface area contributed by atoms with Crippen molar-refractivity contribution < 1.29 is 9.47 Å². The number of terminal acetylenes is 1. The molecule has 3 heteroatoms. The van der Waals surface area contributed by atoms with Crippen LogP contribution >= 0.6 is 0 Å². The second kappa shape index (κ2) is 7.75. The number of hydrogen-bond donors (Lipinski definition) is 1. The number of nitrogens with one attached hydrogen (secondary N) is 1. The van der Waals surface area contributed by atoms with E-state index in [0.717, 1.165) is 11.3 Å². The molecule has 3 nitrogen and oxygen atoms in total. The molecule has 0 aliphatic carbocycles. The van der Waals surface area contributed by atoms with Gasteiger partial charge in [0.1, 0.15) is 0 Å². The van der Waals surface area contributed by atoms with Crippen LogP contribution in [0.15, 0.2) is 24.3 Å². The van der Waals surface area contributed by atoms with Crippen LogP contribution in [-0.4, -0.2) is 26.9 Å². The van der Waals surface area contributed by atoms with Gasteiger partial charge in [0.25, 0.3) is 0 Å². The van der Waals surface area contributed by atoms with Gasteiger partial charge in [0.15, 0.2) is 0 Å². The van der Waals surface area contributed by atoms with Gasteiger partial charge in [-0.1, -0.05) is 18.1 Å². The van der Waals surface area contributed by atoms with E-state index in [1.165, 1.54) is 0 Å². The van der Waals surface area contributed by atoms with Crippen molar-refractivity contribution in [3.05, 3.63) is 29.8 Å². The first-order valence-corrected chi connectivity index (χ1v) is 5.19. The molecule has 0 heterocycles. The van der Waals surface area contributed by atoms with Crippen molar-refractivity contribution in [1.82, 2.24) is 0 Å². The normalized spacial score (nSPS) is 9.75. The molecule has 0 atom stereocenters. The highest BCUT2D eigenvalue weighted by Gasteiger charge is 1.95. The maximum absolute atomic E-state index is 5.43. The molecule has 0 bridgehead atoms. The largest absolute Gasteiger partial charge is 0.382 e. The zero-order valence-electron chi connectivity index (χ0n) is 9.53. The first-order chi connectivity index (χ1) is 7.86. The summed E-state index contributed by atoms with van der Waals surface area (Å²) in [6.07, 6.45) is 5.18. The minimum atomic E-state index is 0.536. The molecule has 1 aromatic rings. The Morgan fingerprint density at radius 2 is 2.25 bits per heavy atom. The smallest absolute Gasteiger partial charge is 0.0763 e. The highest BCUT2D eigenvalue weighted by atomic mass is 16.5. The van der Waals surface area contributed by atoms with Crippen LogP contribution in [0.4, 0.5) is 5.69 Å². The zero-order valence-corrected chi connectivity index (χ0v) is 9.53. The van der Waals surface area contributed by atoms with Gasteiger partial charge in [-0.25, -0.2) is 0 Å². The summed E-state index contributed by atoms with van der Waals surface area (Å²) < 4.78 is 10.3. The number of benzene rings is 1. The van der Waals surface area contributed by atoms with E-state index in [1.807, 2.05) is 24.3 Å². The lowest BCUT2D eigenvalue weighted by molar-refractivity contribution is 0.0617. The first-order valence-electron chi connectivity index (χ1n) is 5.19. The van der Waals surface area contributed by atoms with E-state index in [4.69, 9.17) is 15.9 Å². The van der Waals surface area contributed by atoms with E-state index in [1.54, 1.807) is 7.11 Å². The monoisotopic (exact) mass is 219 g/mol. The molecule has 0 saturated heterocycles. The Balaban J connectivity index is 2.38. The van der Waals surface area contributed by atoms with Gasteiger partial charge >= 0.3 is 0 Å². The molecule has 16 heavy (non-hydrogen) atoms. The van der Waals surface area contributed by atoms with Gasteiger partial charge in [-0.15, -0.1) is 6.42 Å². The summed E-state index contributed by atoms with van der Waals surface area (Å²) in [5.74, 6) is 2.54. The quantitative estimate of drug-likeness (QED) is 0.561. The molecule has 0 aliphatic heterocycles. The average Bonchev–Trinajstić information content (AvgIpc) is 2.33. The third-order valence-corrected chi connectivity index (χ3v) is 2.02. The Hall–Kier alpha value is -1.50. The lowest BCUT2D eigenvalue weighted by Crippen LogP contribution is -2.03. The minimum Gasteiger partial charge on any atom is -0.382 e. The molecule has 0 aromatic heterocycles. The van der Waals surface area contributed by atoms with Crippen LogP contribution in [-0.2, 0) is 16.1 Å². The summed E-state index contributed by atoms with van der Waals surface area (Å²) in [5, 5.41) is 3.12. The molecule has 0 unspecified atom stereocenters. The fraction of sp³-hybridized carbons (Fsp3) is 0.385. The number of ether oxygens (including phenoxy) is 2. The van der Waals surface area contributed by atoms with Crippen LogP contribution in [0.3, 0.4) is 0 Å². The SMILES string of the molecule is C#CCNc1cccc(COCCOC)c1. The second-order valence-electron chi connectivity index (χ2n) is 3.30. The summed E-state index contributed by atoms with van der Waals surface area (Å²) >= 11 is 0. The van der Waals surface area contributed by atoms with E-state index < -0.39 is 0 Å². The summed E-state index contributed by atoms with van der Waals surface area (Å²) in [6, 6.07) is 8.02. The van der Waals surface area contributed by atoms with E-state index in [2.05, 4.69) is 11.2 Å². The van der Waals surface area contributed by atoms with Crippen LogP contribution in [0.25, 0.3) is 0 Å². The fourth-order valence-corrected chi connectivity index (χ4v) is 1.26. The van der Waals surface area contributed by atoms with Gasteiger partial charge in [-0.2, -0.15) is 0 Å². The summed E-state index contributed by atoms with van der Waals surface area (Å²) in [4.78, 5) is 0. The van der Waals surface area contributed by atoms with Crippen molar-refractivity contribution >= 4 is 5.69 Å². The van der Waals surface area contributed by atoms with Gasteiger partial charge in [-0.05, 0) is 17.7 Å². The number of methoxy groups -OCH3 is 1. The Bertz CT molecular complexity index is 344. The lowest BCUT2D eigenvalue weighted by Gasteiger charge is -2.07. The van der Waals surface area contributed by atoms with Gasteiger partial charge in [0, 0.05) is 12.8 Å². The highest BCUT2D eigenvalue weighted by Crippen LogP contribution is 2.11. The van der Waals surface area contributed by atoms with Crippen LogP contribution in [0.1, 0.15) is 5.56 Å². The van der Waals surface area contributed by atoms with Crippen LogP contribution in [0.5, 0.6) is 0 Å². The topological polar surface area (TPSA) is 30.5 Å². The van der Waals surface area contributed by atoms with Gasteiger partial charge in [0.2, 0.25) is 0 Å². The van der Waals surface area contributed by atoms with Crippen LogP contribution in [0.2, 0.25) is 0 Å². The number of rotatable bonds is 7. The van der Waals surface area contributed by atoms with E-state index in [0.29, 0.717) is 26.4 Å². The van der Waals surface area contributed by atoms with Crippen molar-refractivity contribution in [2.75, 3.05) is 32.2 Å². The van der Waals surface area contributed by atoms with Gasteiger partial charge in [-0.3, -0.25) is 0 Å². The molecule has 0 saturated carbocycles. The summed E-state index contributed by atoms with van der Waals surface area (Å²) in [6.45, 7) is 2.36. The van der Waals surface area contributed by atoms with Crippen LogP contribution < -0.4 is 5.32 Å². The molecule has 1 aromatic carbocycles. The predicted molar refractivity (Wildman–Crippen MR) is 65.3 cm³/mol. The standard InChI is InChI=1S/C13H17NO2/c1-3-7-14-13-6-4-5-12(10-13)11-16-9-8-15-2/h1,4-6,10,14H,7-9,11H2,2H3. The molecule has 0 aliphatic rings. The second-order valence-corrected chi connectivity index (χ2v) is 3.30. The van der Waals surface area contributed by atoms with Gasteiger partial charge < -0.3 is 14.8 Å². The molecule has 1 rings (SSSR count). The minimum absolute atomic E-state index is 0.536. The van der Waals surface area contributed by atoms with Gasteiger partial charge in [0.05, 0.1) is 26.4 Å². The van der Waals surface area contributed by atoms with Crippen molar-refractivity contribution in [2.24, 2.45) is 0 Å². The molecular formula is C13H17NO2. The molecular weight excluding hydrogens is 202 g/mol. The predicted octanol–water partition coefficient (Wildman–Crippen LogP) is 1.89. The molecule has 0 amide bonds. The molecule has 0 radical (unpaired) electrons. The highest BCUT2D eigenvalue weighted by molar-refractivity contribution is 5.46. The fourth-order valence-electron chi connectivity index (χ4n) is 1.26.